The third-order valence-electron chi connectivity index (χ3n) is 2.41. The molecule has 1 N–H and O–H groups in total. The van der Waals surface area contributed by atoms with E-state index in [9.17, 15) is 4.39 Å². The van der Waals surface area contributed by atoms with Gasteiger partial charge in [-0.1, -0.05) is 18.2 Å². The lowest BCUT2D eigenvalue weighted by molar-refractivity contribution is 0.0287. The van der Waals surface area contributed by atoms with Crippen molar-refractivity contribution in [2.75, 3.05) is 19.7 Å². The van der Waals surface area contributed by atoms with E-state index in [1.54, 1.807) is 6.07 Å². The smallest absolute Gasteiger partial charge is 0.126 e. The first-order chi connectivity index (χ1) is 6.86. The maximum absolute atomic E-state index is 13.3. The van der Waals surface area contributed by atoms with Gasteiger partial charge in [-0.05, 0) is 11.6 Å². The van der Waals surface area contributed by atoms with Gasteiger partial charge in [-0.3, -0.25) is 0 Å². The van der Waals surface area contributed by atoms with Gasteiger partial charge >= 0.3 is 0 Å². The largest absolute Gasteiger partial charge is 0.375 e. The maximum Gasteiger partial charge on any atom is 0.126 e. The van der Waals surface area contributed by atoms with E-state index in [-0.39, 0.29) is 11.9 Å². The van der Waals surface area contributed by atoms with Crippen molar-refractivity contribution in [2.24, 2.45) is 0 Å². The molecule has 0 amide bonds. The van der Waals surface area contributed by atoms with Crippen molar-refractivity contribution < 1.29 is 9.13 Å². The molecule has 1 heterocycles. The summed E-state index contributed by atoms with van der Waals surface area (Å²) in [6.45, 7) is 2.43. The van der Waals surface area contributed by atoms with Crippen LogP contribution in [0.1, 0.15) is 5.56 Å². The van der Waals surface area contributed by atoms with Gasteiger partial charge in [-0.25, -0.2) is 4.39 Å². The molecule has 0 aromatic heterocycles. The Morgan fingerprint density at radius 3 is 3.00 bits per heavy atom. The van der Waals surface area contributed by atoms with Gasteiger partial charge in [-0.15, -0.1) is 0 Å². The summed E-state index contributed by atoms with van der Waals surface area (Å²) in [4.78, 5) is 0. The van der Waals surface area contributed by atoms with Gasteiger partial charge in [0.05, 0.1) is 12.7 Å². The highest BCUT2D eigenvalue weighted by molar-refractivity contribution is 5.18. The standard InChI is InChI=1S/C11H14FNO/c12-11-4-2-1-3-9(11)7-10-8-13-5-6-14-10/h1-4,10,13H,5-8H2/t10-/m0/s1. The van der Waals surface area contributed by atoms with Crippen molar-refractivity contribution in [3.63, 3.8) is 0 Å². The van der Waals surface area contributed by atoms with Crippen molar-refractivity contribution in [2.45, 2.75) is 12.5 Å². The second kappa shape index (κ2) is 4.53. The highest BCUT2D eigenvalue weighted by Gasteiger charge is 2.15. The first-order valence-electron chi connectivity index (χ1n) is 4.92. The van der Waals surface area contributed by atoms with Gasteiger partial charge < -0.3 is 10.1 Å². The fourth-order valence-corrected chi connectivity index (χ4v) is 1.66. The molecule has 1 fully saturated rings. The Labute approximate surface area is 83.1 Å². The summed E-state index contributed by atoms with van der Waals surface area (Å²) in [7, 11) is 0. The molecule has 0 spiro atoms. The minimum atomic E-state index is -0.137. The van der Waals surface area contributed by atoms with Crippen molar-refractivity contribution in [3.8, 4) is 0 Å². The predicted molar refractivity (Wildman–Crippen MR) is 52.7 cm³/mol. The van der Waals surface area contributed by atoms with Crippen LogP contribution in [0.15, 0.2) is 24.3 Å². The number of halogens is 1. The molecule has 2 rings (SSSR count). The molecule has 14 heavy (non-hydrogen) atoms. The van der Waals surface area contributed by atoms with Crippen LogP contribution in [0, 0.1) is 5.82 Å². The number of hydrogen-bond acceptors (Lipinski definition) is 2. The van der Waals surface area contributed by atoms with Crippen molar-refractivity contribution in [3.05, 3.63) is 35.6 Å². The lowest BCUT2D eigenvalue weighted by Crippen LogP contribution is -2.39. The molecule has 0 aliphatic carbocycles. The van der Waals surface area contributed by atoms with E-state index in [1.807, 2.05) is 12.1 Å². The zero-order valence-electron chi connectivity index (χ0n) is 8.00. The van der Waals surface area contributed by atoms with Crippen molar-refractivity contribution >= 4 is 0 Å². The second-order valence-electron chi connectivity index (χ2n) is 3.49. The molecule has 1 aliphatic rings. The third kappa shape index (κ3) is 2.30. The van der Waals surface area contributed by atoms with E-state index in [0.29, 0.717) is 6.42 Å². The number of morpholine rings is 1. The average Bonchev–Trinajstić information content (AvgIpc) is 2.23. The molecule has 0 unspecified atom stereocenters. The van der Waals surface area contributed by atoms with Crippen LogP contribution in [0.5, 0.6) is 0 Å². The number of hydrogen-bond donors (Lipinski definition) is 1. The van der Waals surface area contributed by atoms with Gasteiger partial charge in [0.15, 0.2) is 0 Å². The molecular formula is C11H14FNO. The Bertz CT molecular complexity index is 297. The monoisotopic (exact) mass is 195 g/mol. The predicted octanol–water partition coefficient (Wildman–Crippen LogP) is 1.36. The van der Waals surface area contributed by atoms with Crippen molar-refractivity contribution in [1.82, 2.24) is 5.32 Å². The molecule has 2 nitrogen and oxygen atoms in total. The van der Waals surface area contributed by atoms with Crippen LogP contribution in [0.25, 0.3) is 0 Å². The van der Waals surface area contributed by atoms with Crippen LogP contribution in [0.2, 0.25) is 0 Å². The number of benzene rings is 1. The highest BCUT2D eigenvalue weighted by atomic mass is 19.1. The fraction of sp³-hybridized carbons (Fsp3) is 0.455. The fourth-order valence-electron chi connectivity index (χ4n) is 1.66. The van der Waals surface area contributed by atoms with Crippen molar-refractivity contribution in [1.29, 1.82) is 0 Å². The van der Waals surface area contributed by atoms with E-state index >= 15 is 0 Å². The molecule has 1 aromatic rings. The number of rotatable bonds is 2. The Hall–Kier alpha value is -0.930. The third-order valence-corrected chi connectivity index (χ3v) is 2.41. The summed E-state index contributed by atoms with van der Waals surface area (Å²) in [6, 6.07) is 6.87. The van der Waals surface area contributed by atoms with Crippen LogP contribution in [-0.4, -0.2) is 25.8 Å². The van der Waals surface area contributed by atoms with Gasteiger partial charge in [0.25, 0.3) is 0 Å². The average molecular weight is 195 g/mol. The Kier molecular flexibility index (Phi) is 3.11. The van der Waals surface area contributed by atoms with E-state index in [0.717, 1.165) is 25.3 Å². The van der Waals surface area contributed by atoms with Gasteiger partial charge in [-0.2, -0.15) is 0 Å². The molecular weight excluding hydrogens is 181 g/mol. The van der Waals surface area contributed by atoms with E-state index in [2.05, 4.69) is 5.32 Å². The van der Waals surface area contributed by atoms with Crippen LogP contribution in [0.3, 0.4) is 0 Å². The summed E-state index contributed by atoms with van der Waals surface area (Å²) in [5, 5.41) is 3.23. The van der Waals surface area contributed by atoms with Gasteiger partial charge in [0, 0.05) is 19.5 Å². The first-order valence-corrected chi connectivity index (χ1v) is 4.92. The molecule has 0 bridgehead atoms. The summed E-state index contributed by atoms with van der Waals surface area (Å²) >= 11 is 0. The Morgan fingerprint density at radius 2 is 2.29 bits per heavy atom. The maximum atomic E-state index is 13.3. The van der Waals surface area contributed by atoms with Crippen LogP contribution < -0.4 is 5.32 Å². The zero-order valence-corrected chi connectivity index (χ0v) is 8.00. The molecule has 0 saturated carbocycles. The minimum Gasteiger partial charge on any atom is -0.375 e. The van der Waals surface area contributed by atoms with E-state index < -0.39 is 0 Å². The van der Waals surface area contributed by atoms with Gasteiger partial charge in [0.1, 0.15) is 5.82 Å². The molecule has 1 aliphatic heterocycles. The Morgan fingerprint density at radius 1 is 1.43 bits per heavy atom. The van der Waals surface area contributed by atoms with Gasteiger partial charge in [0.2, 0.25) is 0 Å². The lowest BCUT2D eigenvalue weighted by Gasteiger charge is -2.23. The Balaban J connectivity index is 1.99. The lowest BCUT2D eigenvalue weighted by atomic mass is 10.1. The highest BCUT2D eigenvalue weighted by Crippen LogP contribution is 2.11. The molecule has 3 heteroatoms. The number of nitrogens with one attached hydrogen (secondary N) is 1. The summed E-state index contributed by atoms with van der Waals surface area (Å²) in [6.07, 6.45) is 0.764. The minimum absolute atomic E-state index is 0.112. The first kappa shape index (κ1) is 9.62. The second-order valence-corrected chi connectivity index (χ2v) is 3.49. The molecule has 1 atom stereocenters. The molecule has 1 saturated heterocycles. The topological polar surface area (TPSA) is 21.3 Å². The SMILES string of the molecule is Fc1ccccc1C[C@H]1CNCCO1. The molecule has 1 aromatic carbocycles. The van der Waals surface area contributed by atoms with Crippen LogP contribution in [0.4, 0.5) is 4.39 Å². The zero-order chi connectivity index (χ0) is 9.80. The molecule has 0 radical (unpaired) electrons. The number of ether oxygens (including phenoxy) is 1. The quantitative estimate of drug-likeness (QED) is 0.769. The van der Waals surface area contributed by atoms with Crippen LogP contribution in [-0.2, 0) is 11.2 Å². The van der Waals surface area contributed by atoms with E-state index in [1.165, 1.54) is 6.07 Å². The summed E-state index contributed by atoms with van der Waals surface area (Å²) in [5.41, 5.74) is 0.737. The van der Waals surface area contributed by atoms with Crippen LogP contribution >= 0.6 is 0 Å². The normalized spacial score (nSPS) is 22.2. The summed E-state index contributed by atoms with van der Waals surface area (Å²) in [5.74, 6) is -0.137. The van der Waals surface area contributed by atoms with E-state index in [4.69, 9.17) is 4.74 Å². The summed E-state index contributed by atoms with van der Waals surface area (Å²) < 4.78 is 18.8. The molecule has 76 valence electrons.